The summed E-state index contributed by atoms with van der Waals surface area (Å²) in [4.78, 5) is 5.61. The van der Waals surface area contributed by atoms with Crippen molar-refractivity contribution in [2.75, 3.05) is 46.4 Å². The smallest absolute Gasteiger partial charge is 0.133 e. The fourth-order valence-electron chi connectivity index (χ4n) is 2.60. The number of benzene rings is 1. The zero-order valence-electron chi connectivity index (χ0n) is 12.8. The van der Waals surface area contributed by atoms with E-state index in [0.717, 1.165) is 53.4 Å². The fourth-order valence-corrected chi connectivity index (χ4v) is 3.55. The Morgan fingerprint density at radius 2 is 2.05 bits per heavy atom. The largest absolute Gasteiger partial charge is 0.492 e. The van der Waals surface area contributed by atoms with Crippen molar-refractivity contribution in [3.8, 4) is 5.75 Å². The van der Waals surface area contributed by atoms with Crippen LogP contribution in [0.25, 0.3) is 10.1 Å². The first-order valence-corrected chi connectivity index (χ1v) is 8.35. The van der Waals surface area contributed by atoms with Crippen LogP contribution in [0.5, 0.6) is 5.75 Å². The normalized spacial score (nSPS) is 17.0. The van der Waals surface area contributed by atoms with Crippen LogP contribution in [0.2, 0.25) is 0 Å². The molecule has 6 heteroatoms. The topological polar surface area (TPSA) is 65.6 Å². The first-order chi connectivity index (χ1) is 10.6. The maximum Gasteiger partial charge on any atom is 0.133 e. The van der Waals surface area contributed by atoms with Crippen molar-refractivity contribution in [2.45, 2.75) is 0 Å². The van der Waals surface area contributed by atoms with E-state index in [1.54, 1.807) is 0 Å². The molecule has 22 heavy (non-hydrogen) atoms. The van der Waals surface area contributed by atoms with Gasteiger partial charge in [0.2, 0.25) is 0 Å². The van der Waals surface area contributed by atoms with Gasteiger partial charge in [0.25, 0.3) is 0 Å². The van der Waals surface area contributed by atoms with E-state index in [2.05, 4.69) is 16.8 Å². The average molecular weight is 318 g/mol. The molecule has 5 nitrogen and oxygen atoms in total. The predicted molar refractivity (Wildman–Crippen MR) is 92.3 cm³/mol. The molecule has 3 rings (SSSR count). The third-order valence-electron chi connectivity index (χ3n) is 4.03. The molecule has 1 fully saturated rings. The summed E-state index contributed by atoms with van der Waals surface area (Å²) in [5.74, 6) is 1.01. The van der Waals surface area contributed by atoms with E-state index in [1.165, 1.54) is 11.3 Å². The number of nitrogens with zero attached hydrogens (tertiary/aromatic N) is 2. The van der Waals surface area contributed by atoms with Gasteiger partial charge in [0.05, 0.1) is 4.88 Å². The van der Waals surface area contributed by atoms with Crippen LogP contribution >= 0.6 is 11.3 Å². The molecule has 0 atom stereocenters. The van der Waals surface area contributed by atoms with Crippen LogP contribution in [-0.4, -0.2) is 62.0 Å². The number of nitrogens with one attached hydrogen (secondary N) is 1. The highest BCUT2D eigenvalue weighted by molar-refractivity contribution is 7.20. The number of piperazine rings is 1. The van der Waals surface area contributed by atoms with Crippen LogP contribution in [0.1, 0.15) is 4.88 Å². The van der Waals surface area contributed by atoms with Crippen molar-refractivity contribution in [1.29, 1.82) is 5.41 Å². The van der Waals surface area contributed by atoms with Gasteiger partial charge >= 0.3 is 0 Å². The van der Waals surface area contributed by atoms with E-state index >= 15 is 0 Å². The Morgan fingerprint density at radius 1 is 1.27 bits per heavy atom. The van der Waals surface area contributed by atoms with Crippen molar-refractivity contribution in [3.63, 3.8) is 0 Å². The van der Waals surface area contributed by atoms with Crippen LogP contribution in [-0.2, 0) is 0 Å². The Labute approximate surface area is 134 Å². The molecule has 0 spiro atoms. The number of hydrogen-bond acceptors (Lipinski definition) is 5. The lowest BCUT2D eigenvalue weighted by molar-refractivity contribution is 0.134. The molecule has 2 aromatic rings. The second kappa shape index (κ2) is 6.64. The highest BCUT2D eigenvalue weighted by atomic mass is 32.1. The third kappa shape index (κ3) is 3.58. The van der Waals surface area contributed by atoms with E-state index < -0.39 is 0 Å². The monoisotopic (exact) mass is 318 g/mol. The lowest BCUT2D eigenvalue weighted by Crippen LogP contribution is -2.45. The summed E-state index contributed by atoms with van der Waals surface area (Å²) in [5, 5.41) is 8.62. The number of fused-ring (bicyclic) bond motifs is 1. The van der Waals surface area contributed by atoms with Crippen molar-refractivity contribution in [2.24, 2.45) is 5.73 Å². The minimum absolute atomic E-state index is 0.124. The molecule has 1 aromatic heterocycles. The lowest BCUT2D eigenvalue weighted by Gasteiger charge is -2.32. The van der Waals surface area contributed by atoms with Crippen LogP contribution in [0.4, 0.5) is 0 Å². The quantitative estimate of drug-likeness (QED) is 0.652. The van der Waals surface area contributed by atoms with Crippen molar-refractivity contribution >= 4 is 27.3 Å². The summed E-state index contributed by atoms with van der Waals surface area (Å²) in [6.45, 7) is 6.18. The minimum atomic E-state index is 0.124. The first-order valence-electron chi connectivity index (χ1n) is 7.53. The molecule has 1 aliphatic rings. The molecular formula is C16H22N4OS. The van der Waals surface area contributed by atoms with E-state index in [1.807, 2.05) is 24.3 Å². The number of rotatable bonds is 5. The molecule has 3 N–H and O–H groups in total. The van der Waals surface area contributed by atoms with Gasteiger partial charge < -0.3 is 15.4 Å². The predicted octanol–water partition coefficient (Wildman–Crippen LogP) is 1.81. The van der Waals surface area contributed by atoms with Gasteiger partial charge in [-0.2, -0.15) is 0 Å². The van der Waals surface area contributed by atoms with Gasteiger partial charge in [0.1, 0.15) is 18.2 Å². The zero-order chi connectivity index (χ0) is 15.5. The minimum Gasteiger partial charge on any atom is -0.492 e. The molecule has 1 saturated heterocycles. The number of nitrogen functional groups attached to an aromatic ring is 1. The Hall–Kier alpha value is -1.63. The summed E-state index contributed by atoms with van der Waals surface area (Å²) in [5.41, 5.74) is 5.54. The standard InChI is InChI=1S/C16H22N4OS/c1-19-4-6-20(7-5-19)8-9-21-13-3-2-12-10-15(16(17)18)22-14(12)11-13/h2-3,10-11H,4-9H2,1H3,(H3,17,18). The summed E-state index contributed by atoms with van der Waals surface area (Å²) < 4.78 is 6.99. The van der Waals surface area contributed by atoms with Gasteiger partial charge in [0, 0.05) is 37.4 Å². The Balaban J connectivity index is 1.56. The molecule has 118 valence electrons. The summed E-state index contributed by atoms with van der Waals surface area (Å²) in [6.07, 6.45) is 0. The van der Waals surface area contributed by atoms with Crippen LogP contribution < -0.4 is 10.5 Å². The highest BCUT2D eigenvalue weighted by Gasteiger charge is 2.13. The molecule has 0 aliphatic carbocycles. The molecule has 1 aromatic carbocycles. The molecule has 0 radical (unpaired) electrons. The lowest BCUT2D eigenvalue weighted by atomic mass is 10.2. The van der Waals surface area contributed by atoms with Gasteiger partial charge in [-0.25, -0.2) is 0 Å². The summed E-state index contributed by atoms with van der Waals surface area (Å²) >= 11 is 1.54. The molecular weight excluding hydrogens is 296 g/mol. The van der Waals surface area contributed by atoms with Crippen LogP contribution in [0, 0.1) is 5.41 Å². The van der Waals surface area contributed by atoms with Gasteiger partial charge in [-0.1, -0.05) is 0 Å². The molecule has 0 saturated carbocycles. The number of ether oxygens (including phenoxy) is 1. The highest BCUT2D eigenvalue weighted by Crippen LogP contribution is 2.28. The number of thiophene rings is 1. The molecule has 1 aliphatic heterocycles. The van der Waals surface area contributed by atoms with Crippen molar-refractivity contribution in [1.82, 2.24) is 9.80 Å². The number of nitrogens with two attached hydrogens (primary N) is 1. The summed E-state index contributed by atoms with van der Waals surface area (Å²) in [7, 11) is 2.17. The number of likely N-dealkylation sites (N-methyl/N-ethyl adjacent to an activating group) is 1. The SMILES string of the molecule is CN1CCN(CCOc2ccc3cc(C(=N)N)sc3c2)CC1. The maximum atomic E-state index is 7.51. The Morgan fingerprint density at radius 3 is 2.77 bits per heavy atom. The van der Waals surface area contributed by atoms with Crippen LogP contribution in [0.3, 0.4) is 0 Å². The second-order valence-electron chi connectivity index (χ2n) is 5.72. The van der Waals surface area contributed by atoms with Crippen LogP contribution in [0.15, 0.2) is 24.3 Å². The number of hydrogen-bond donors (Lipinski definition) is 2. The Kier molecular flexibility index (Phi) is 4.61. The zero-order valence-corrected chi connectivity index (χ0v) is 13.7. The van der Waals surface area contributed by atoms with E-state index in [9.17, 15) is 0 Å². The van der Waals surface area contributed by atoms with Gasteiger partial charge in [-0.3, -0.25) is 10.3 Å². The first kappa shape index (κ1) is 15.3. The maximum absolute atomic E-state index is 7.51. The van der Waals surface area contributed by atoms with Gasteiger partial charge in [-0.05, 0) is 36.7 Å². The van der Waals surface area contributed by atoms with Crippen molar-refractivity contribution < 1.29 is 4.74 Å². The molecule has 0 bridgehead atoms. The van der Waals surface area contributed by atoms with E-state index in [4.69, 9.17) is 15.9 Å². The Bertz CT molecular complexity index is 661. The fraction of sp³-hybridized carbons (Fsp3) is 0.438. The molecule has 2 heterocycles. The summed E-state index contributed by atoms with van der Waals surface area (Å²) in [6, 6.07) is 8.01. The van der Waals surface area contributed by atoms with Gasteiger partial charge in [-0.15, -0.1) is 11.3 Å². The molecule has 0 amide bonds. The number of amidine groups is 1. The van der Waals surface area contributed by atoms with E-state index in [-0.39, 0.29) is 5.84 Å². The second-order valence-corrected chi connectivity index (χ2v) is 6.80. The van der Waals surface area contributed by atoms with E-state index in [0.29, 0.717) is 6.61 Å². The van der Waals surface area contributed by atoms with Gasteiger partial charge in [0.15, 0.2) is 0 Å². The average Bonchev–Trinajstić information content (AvgIpc) is 2.93. The van der Waals surface area contributed by atoms with Crippen molar-refractivity contribution in [3.05, 3.63) is 29.1 Å². The molecule has 0 unspecified atom stereocenters. The third-order valence-corrected chi connectivity index (χ3v) is 5.16.